The third kappa shape index (κ3) is 4.67. The highest BCUT2D eigenvalue weighted by atomic mass is 16.5. The zero-order valence-electron chi connectivity index (χ0n) is 10.8. The Hall–Kier alpha value is -1.02. The van der Waals surface area contributed by atoms with Gasteiger partial charge in [0.15, 0.2) is 0 Å². The minimum atomic E-state index is 0.246. The second-order valence-corrected chi connectivity index (χ2v) is 4.54. The van der Waals surface area contributed by atoms with Gasteiger partial charge in [0.05, 0.1) is 6.10 Å². The van der Waals surface area contributed by atoms with Crippen molar-refractivity contribution in [3.63, 3.8) is 0 Å². The molecule has 0 spiro atoms. The molecule has 90 valence electrons. The molecule has 0 heterocycles. The fourth-order valence-corrected chi connectivity index (χ4v) is 1.53. The molecule has 2 heteroatoms. The van der Waals surface area contributed by atoms with Crippen LogP contribution in [0.15, 0.2) is 24.3 Å². The van der Waals surface area contributed by atoms with E-state index in [1.807, 2.05) is 20.9 Å². The van der Waals surface area contributed by atoms with Crippen LogP contribution in [0.2, 0.25) is 0 Å². The number of ether oxygens (including phenoxy) is 1. The van der Waals surface area contributed by atoms with Gasteiger partial charge >= 0.3 is 0 Å². The van der Waals surface area contributed by atoms with Gasteiger partial charge in [-0.25, -0.2) is 0 Å². The van der Waals surface area contributed by atoms with Gasteiger partial charge in [-0.05, 0) is 58.4 Å². The van der Waals surface area contributed by atoms with Crippen LogP contribution in [0, 0.1) is 0 Å². The SMILES string of the molecule is CNC(C)CCc1ccc(OC(C)C)cc1. The van der Waals surface area contributed by atoms with E-state index in [2.05, 4.69) is 36.5 Å². The van der Waals surface area contributed by atoms with Crippen molar-refractivity contribution in [2.24, 2.45) is 0 Å². The van der Waals surface area contributed by atoms with Gasteiger partial charge in [0.25, 0.3) is 0 Å². The minimum Gasteiger partial charge on any atom is -0.491 e. The molecule has 16 heavy (non-hydrogen) atoms. The summed E-state index contributed by atoms with van der Waals surface area (Å²) in [6, 6.07) is 8.99. The van der Waals surface area contributed by atoms with Crippen LogP contribution in [0.4, 0.5) is 0 Å². The van der Waals surface area contributed by atoms with Gasteiger partial charge in [0, 0.05) is 6.04 Å². The second-order valence-electron chi connectivity index (χ2n) is 4.54. The molecule has 0 bridgehead atoms. The number of hydrogen-bond donors (Lipinski definition) is 1. The summed E-state index contributed by atoms with van der Waals surface area (Å²) in [5.74, 6) is 0.959. The third-order valence-corrected chi connectivity index (χ3v) is 2.65. The fraction of sp³-hybridized carbons (Fsp3) is 0.571. The monoisotopic (exact) mass is 221 g/mol. The molecule has 1 aromatic rings. The van der Waals surface area contributed by atoms with Crippen LogP contribution < -0.4 is 10.1 Å². The van der Waals surface area contributed by atoms with Crippen LogP contribution in [-0.4, -0.2) is 19.2 Å². The molecule has 1 rings (SSSR count). The first kappa shape index (κ1) is 13.0. The van der Waals surface area contributed by atoms with Gasteiger partial charge in [-0.15, -0.1) is 0 Å². The third-order valence-electron chi connectivity index (χ3n) is 2.65. The number of hydrogen-bond acceptors (Lipinski definition) is 2. The van der Waals surface area contributed by atoms with Crippen molar-refractivity contribution in [1.82, 2.24) is 5.32 Å². The maximum Gasteiger partial charge on any atom is 0.119 e. The summed E-state index contributed by atoms with van der Waals surface area (Å²) in [6.45, 7) is 6.29. The number of nitrogens with one attached hydrogen (secondary N) is 1. The molecule has 0 fully saturated rings. The topological polar surface area (TPSA) is 21.3 Å². The van der Waals surface area contributed by atoms with Crippen molar-refractivity contribution in [2.75, 3.05) is 7.05 Å². The summed E-state index contributed by atoms with van der Waals surface area (Å²) >= 11 is 0. The van der Waals surface area contributed by atoms with E-state index >= 15 is 0 Å². The molecule has 0 aliphatic carbocycles. The Bertz CT molecular complexity index is 292. The van der Waals surface area contributed by atoms with Crippen LogP contribution in [0.25, 0.3) is 0 Å². The number of rotatable bonds is 6. The van der Waals surface area contributed by atoms with Crippen LogP contribution in [0.1, 0.15) is 32.8 Å². The first-order valence-corrected chi connectivity index (χ1v) is 6.04. The standard InChI is InChI=1S/C14H23NO/c1-11(2)16-14-9-7-13(8-10-14)6-5-12(3)15-4/h7-12,15H,5-6H2,1-4H3. The summed E-state index contributed by atoms with van der Waals surface area (Å²) in [5, 5.41) is 3.25. The van der Waals surface area contributed by atoms with Crippen molar-refractivity contribution >= 4 is 0 Å². The van der Waals surface area contributed by atoms with Crippen molar-refractivity contribution in [3.8, 4) is 5.75 Å². The van der Waals surface area contributed by atoms with Gasteiger partial charge in [-0.1, -0.05) is 12.1 Å². The molecule has 1 N–H and O–H groups in total. The highest BCUT2D eigenvalue weighted by molar-refractivity contribution is 5.27. The molecule has 1 unspecified atom stereocenters. The highest BCUT2D eigenvalue weighted by Gasteiger charge is 2.01. The minimum absolute atomic E-state index is 0.246. The predicted octanol–water partition coefficient (Wildman–Crippen LogP) is 3.01. The second kappa shape index (κ2) is 6.54. The fourth-order valence-electron chi connectivity index (χ4n) is 1.53. The maximum absolute atomic E-state index is 5.60. The first-order chi connectivity index (χ1) is 7.61. The lowest BCUT2D eigenvalue weighted by molar-refractivity contribution is 0.242. The Balaban J connectivity index is 2.45. The van der Waals surface area contributed by atoms with E-state index in [0.717, 1.165) is 12.2 Å². The lowest BCUT2D eigenvalue weighted by Gasteiger charge is -2.11. The molecule has 0 aromatic heterocycles. The first-order valence-electron chi connectivity index (χ1n) is 6.04. The van der Waals surface area contributed by atoms with Gasteiger partial charge < -0.3 is 10.1 Å². The van der Waals surface area contributed by atoms with Crippen LogP contribution in [0.3, 0.4) is 0 Å². The average molecular weight is 221 g/mol. The largest absolute Gasteiger partial charge is 0.491 e. The predicted molar refractivity (Wildman–Crippen MR) is 69.0 cm³/mol. The molecule has 0 aliphatic rings. The number of benzene rings is 1. The maximum atomic E-state index is 5.60. The van der Waals surface area contributed by atoms with E-state index in [4.69, 9.17) is 4.74 Å². The Morgan fingerprint density at radius 1 is 1.12 bits per heavy atom. The smallest absolute Gasteiger partial charge is 0.119 e. The van der Waals surface area contributed by atoms with Crippen molar-refractivity contribution in [2.45, 2.75) is 45.8 Å². The Labute approximate surface area is 99.0 Å². The summed E-state index contributed by atoms with van der Waals surface area (Å²) < 4.78 is 5.60. The lowest BCUT2D eigenvalue weighted by Crippen LogP contribution is -2.21. The Kier molecular flexibility index (Phi) is 5.33. The summed E-state index contributed by atoms with van der Waals surface area (Å²) in [4.78, 5) is 0. The highest BCUT2D eigenvalue weighted by Crippen LogP contribution is 2.15. The van der Waals surface area contributed by atoms with Gasteiger partial charge in [0.1, 0.15) is 5.75 Å². The summed E-state index contributed by atoms with van der Waals surface area (Å²) in [5.41, 5.74) is 1.37. The molecule has 0 radical (unpaired) electrons. The summed E-state index contributed by atoms with van der Waals surface area (Å²) in [6.07, 6.45) is 2.53. The van der Waals surface area contributed by atoms with E-state index in [0.29, 0.717) is 6.04 Å². The van der Waals surface area contributed by atoms with Gasteiger partial charge in [-0.3, -0.25) is 0 Å². The van der Waals surface area contributed by atoms with Crippen molar-refractivity contribution in [3.05, 3.63) is 29.8 Å². The van der Waals surface area contributed by atoms with Crippen molar-refractivity contribution < 1.29 is 4.74 Å². The summed E-state index contributed by atoms with van der Waals surface area (Å²) in [7, 11) is 2.00. The molecular weight excluding hydrogens is 198 g/mol. The molecule has 0 saturated heterocycles. The van der Waals surface area contributed by atoms with Crippen LogP contribution in [0.5, 0.6) is 5.75 Å². The molecule has 2 nitrogen and oxygen atoms in total. The van der Waals surface area contributed by atoms with E-state index < -0.39 is 0 Å². The average Bonchev–Trinajstić information content (AvgIpc) is 2.27. The molecule has 1 aromatic carbocycles. The zero-order chi connectivity index (χ0) is 12.0. The normalized spacial score (nSPS) is 12.8. The Morgan fingerprint density at radius 3 is 2.25 bits per heavy atom. The van der Waals surface area contributed by atoms with E-state index in [9.17, 15) is 0 Å². The molecule has 1 atom stereocenters. The lowest BCUT2D eigenvalue weighted by atomic mass is 10.1. The molecular formula is C14H23NO. The Morgan fingerprint density at radius 2 is 1.75 bits per heavy atom. The van der Waals surface area contributed by atoms with Crippen LogP contribution in [-0.2, 0) is 6.42 Å². The van der Waals surface area contributed by atoms with Crippen molar-refractivity contribution in [1.29, 1.82) is 0 Å². The van der Waals surface area contributed by atoms with E-state index in [1.165, 1.54) is 12.0 Å². The van der Waals surface area contributed by atoms with Crippen LogP contribution >= 0.6 is 0 Å². The number of aryl methyl sites for hydroxylation is 1. The van der Waals surface area contributed by atoms with E-state index in [-0.39, 0.29) is 6.10 Å². The molecule has 0 amide bonds. The molecule has 0 aliphatic heterocycles. The van der Waals surface area contributed by atoms with E-state index in [1.54, 1.807) is 0 Å². The van der Waals surface area contributed by atoms with Gasteiger partial charge in [-0.2, -0.15) is 0 Å². The van der Waals surface area contributed by atoms with Gasteiger partial charge in [0.2, 0.25) is 0 Å². The quantitative estimate of drug-likeness (QED) is 0.797. The zero-order valence-corrected chi connectivity index (χ0v) is 10.8. The molecule has 0 saturated carbocycles.